The van der Waals surface area contributed by atoms with Crippen molar-refractivity contribution in [2.75, 3.05) is 13.2 Å². The quantitative estimate of drug-likeness (QED) is 0.556. The van der Waals surface area contributed by atoms with E-state index in [4.69, 9.17) is 4.74 Å². The number of aromatic nitrogens is 3. The van der Waals surface area contributed by atoms with Gasteiger partial charge in [0, 0.05) is 0 Å². The summed E-state index contributed by atoms with van der Waals surface area (Å²) >= 11 is -0.670. The molecular formula is C20H19AsF3N3O2. The summed E-state index contributed by atoms with van der Waals surface area (Å²) in [7, 11) is 1.63. The topological polar surface area (TPSA) is 57.0 Å². The molecule has 2 atom stereocenters. The Morgan fingerprint density at radius 3 is 2.66 bits per heavy atom. The van der Waals surface area contributed by atoms with Gasteiger partial charge in [-0.05, 0) is 0 Å². The van der Waals surface area contributed by atoms with Crippen LogP contribution in [-0.2, 0) is 18.0 Å². The molecule has 3 heterocycles. The third-order valence-electron chi connectivity index (χ3n) is 5.05. The van der Waals surface area contributed by atoms with E-state index in [1.165, 1.54) is 23.0 Å². The number of alkyl halides is 3. The van der Waals surface area contributed by atoms with Crippen molar-refractivity contribution in [1.82, 2.24) is 14.5 Å². The van der Waals surface area contributed by atoms with Crippen molar-refractivity contribution in [3.8, 4) is 11.1 Å². The first kappa shape index (κ1) is 20.1. The van der Waals surface area contributed by atoms with Gasteiger partial charge >= 0.3 is 171 Å². The van der Waals surface area contributed by atoms with Gasteiger partial charge in [0.05, 0.1) is 0 Å². The van der Waals surface area contributed by atoms with E-state index < -0.39 is 27.5 Å². The van der Waals surface area contributed by atoms with Gasteiger partial charge in [-0.3, -0.25) is 0 Å². The zero-order valence-corrected chi connectivity index (χ0v) is 17.8. The second kappa shape index (κ2) is 7.92. The van der Waals surface area contributed by atoms with Gasteiger partial charge in [0.2, 0.25) is 0 Å². The minimum atomic E-state index is -4.40. The molecule has 0 bridgehead atoms. The summed E-state index contributed by atoms with van der Waals surface area (Å²) in [6, 6.07) is 4.85. The molecule has 1 aromatic carbocycles. The number of hydrogen-bond acceptors (Lipinski definition) is 4. The SMILES string of the molecule is Cn1cnc2c(-c3ccc(C(F)(F)F)cc3)cnc([AsH]C[C@@H]3CCOC3)c2c1=O. The molecule has 4 rings (SSSR count). The second-order valence-corrected chi connectivity index (χ2v) is 9.68. The van der Waals surface area contributed by atoms with E-state index in [1.807, 2.05) is 0 Å². The number of pyridine rings is 1. The van der Waals surface area contributed by atoms with Crippen LogP contribution in [0.25, 0.3) is 22.0 Å². The average molecular weight is 465 g/mol. The molecule has 5 nitrogen and oxygen atoms in total. The molecule has 0 N–H and O–H groups in total. The number of ether oxygens (including phenoxy) is 1. The van der Waals surface area contributed by atoms with E-state index in [-0.39, 0.29) is 5.56 Å². The summed E-state index contributed by atoms with van der Waals surface area (Å²) in [6.07, 6.45) is -0.304. The van der Waals surface area contributed by atoms with Crippen molar-refractivity contribution >= 4 is 31.1 Å². The Morgan fingerprint density at radius 1 is 1.24 bits per heavy atom. The molecule has 2 aromatic heterocycles. The van der Waals surface area contributed by atoms with Gasteiger partial charge in [-0.2, -0.15) is 0 Å². The van der Waals surface area contributed by atoms with Crippen LogP contribution in [0.4, 0.5) is 13.2 Å². The maximum atomic E-state index is 12.9. The Morgan fingerprint density at radius 2 is 2.00 bits per heavy atom. The molecule has 1 unspecified atom stereocenters. The zero-order chi connectivity index (χ0) is 20.6. The Bertz CT molecular complexity index is 1090. The Labute approximate surface area is 171 Å². The van der Waals surface area contributed by atoms with Gasteiger partial charge in [0.1, 0.15) is 0 Å². The van der Waals surface area contributed by atoms with Crippen LogP contribution in [0.3, 0.4) is 0 Å². The fourth-order valence-corrected chi connectivity index (χ4v) is 6.24. The van der Waals surface area contributed by atoms with Gasteiger partial charge in [0.25, 0.3) is 0 Å². The molecule has 152 valence electrons. The fraction of sp³-hybridized carbons (Fsp3) is 0.350. The Kier molecular flexibility index (Phi) is 5.49. The summed E-state index contributed by atoms with van der Waals surface area (Å²) in [5.41, 5.74) is 0.699. The van der Waals surface area contributed by atoms with Crippen molar-refractivity contribution in [2.24, 2.45) is 13.0 Å². The van der Waals surface area contributed by atoms with E-state index in [0.717, 1.165) is 41.5 Å². The molecule has 0 saturated carbocycles. The number of hydrogen-bond donors (Lipinski definition) is 0. The third kappa shape index (κ3) is 4.09. The van der Waals surface area contributed by atoms with Crippen LogP contribution in [0.2, 0.25) is 5.21 Å². The predicted octanol–water partition coefficient (Wildman–Crippen LogP) is 2.53. The summed E-state index contributed by atoms with van der Waals surface area (Å²) in [4.78, 5) is 21.8. The monoisotopic (exact) mass is 465 g/mol. The van der Waals surface area contributed by atoms with Crippen molar-refractivity contribution in [3.05, 3.63) is 52.7 Å². The predicted molar refractivity (Wildman–Crippen MR) is 106 cm³/mol. The number of aryl methyl sites for hydroxylation is 1. The molecule has 1 aliphatic heterocycles. The maximum absolute atomic E-state index is 12.9. The summed E-state index contributed by atoms with van der Waals surface area (Å²) in [5.74, 6) is 0.502. The zero-order valence-electron chi connectivity index (χ0n) is 15.7. The molecule has 0 radical (unpaired) electrons. The van der Waals surface area contributed by atoms with E-state index in [1.54, 1.807) is 13.2 Å². The van der Waals surface area contributed by atoms with Crippen LogP contribution in [0.15, 0.2) is 41.6 Å². The van der Waals surface area contributed by atoms with Crippen molar-refractivity contribution in [3.63, 3.8) is 0 Å². The van der Waals surface area contributed by atoms with Crippen molar-refractivity contribution in [2.45, 2.75) is 17.8 Å². The Hall–Kier alpha value is -2.18. The molecule has 29 heavy (non-hydrogen) atoms. The first-order valence-electron chi connectivity index (χ1n) is 9.18. The Balaban J connectivity index is 1.77. The molecule has 0 spiro atoms. The van der Waals surface area contributed by atoms with Crippen molar-refractivity contribution in [1.29, 1.82) is 0 Å². The van der Waals surface area contributed by atoms with Gasteiger partial charge < -0.3 is 0 Å². The van der Waals surface area contributed by atoms with Gasteiger partial charge in [-0.25, -0.2) is 0 Å². The van der Waals surface area contributed by atoms with Gasteiger partial charge in [0.15, 0.2) is 0 Å². The first-order chi connectivity index (χ1) is 13.8. The van der Waals surface area contributed by atoms with E-state index in [9.17, 15) is 18.0 Å². The summed E-state index contributed by atoms with van der Waals surface area (Å²) in [6.45, 7) is 1.53. The third-order valence-corrected chi connectivity index (χ3v) is 8.19. The van der Waals surface area contributed by atoms with Crippen LogP contribution in [0.5, 0.6) is 0 Å². The molecular weight excluding hydrogens is 446 g/mol. The number of halogens is 3. The van der Waals surface area contributed by atoms with Crippen LogP contribution in [-0.4, -0.2) is 43.5 Å². The molecule has 1 aliphatic rings. The average Bonchev–Trinajstić information content (AvgIpc) is 3.22. The normalized spacial score (nSPS) is 17.6. The van der Waals surface area contributed by atoms with Crippen LogP contribution in [0.1, 0.15) is 12.0 Å². The summed E-state index contributed by atoms with van der Waals surface area (Å²) in [5, 5.41) is 1.46. The van der Waals surface area contributed by atoms with E-state index in [0.29, 0.717) is 27.9 Å². The van der Waals surface area contributed by atoms with E-state index >= 15 is 0 Å². The number of rotatable bonds is 4. The second-order valence-electron chi connectivity index (χ2n) is 7.09. The fourth-order valence-electron chi connectivity index (χ4n) is 3.38. The molecule has 3 aromatic rings. The first-order valence-corrected chi connectivity index (χ1v) is 11.7. The van der Waals surface area contributed by atoms with Crippen LogP contribution < -0.4 is 10.0 Å². The molecule has 0 amide bonds. The van der Waals surface area contributed by atoms with Gasteiger partial charge in [-0.15, -0.1) is 0 Å². The van der Waals surface area contributed by atoms with E-state index in [2.05, 4.69) is 9.97 Å². The van der Waals surface area contributed by atoms with Crippen LogP contribution >= 0.6 is 0 Å². The van der Waals surface area contributed by atoms with Crippen LogP contribution in [0, 0.1) is 5.92 Å². The number of fused-ring (bicyclic) bond motifs is 1. The van der Waals surface area contributed by atoms with Gasteiger partial charge in [-0.1, -0.05) is 0 Å². The molecule has 1 fully saturated rings. The number of nitrogens with zero attached hydrogens (tertiary/aromatic N) is 3. The molecule has 1 saturated heterocycles. The molecule has 9 heteroatoms. The van der Waals surface area contributed by atoms with Crippen molar-refractivity contribution < 1.29 is 17.9 Å². The number of benzene rings is 1. The summed E-state index contributed by atoms with van der Waals surface area (Å²) < 4.78 is 46.2. The minimum absolute atomic E-state index is 0.183. The standard InChI is InChI=1S/C20H19AsF3N3O2/c1-27-11-26-17-15(13-2-4-14(5-3-13)20(22,23)24)9-25-18(16(17)19(27)28)21-8-12-6-7-29-10-12/h2-5,9,11-12,21H,6-8,10H2,1H3/t12-/m0/s1. The molecule has 0 aliphatic carbocycles.